The molecule has 4 N–H and O–H groups in total. The van der Waals surface area contributed by atoms with Crippen LogP contribution in [0.2, 0.25) is 0 Å². The van der Waals surface area contributed by atoms with E-state index in [4.69, 9.17) is 57.4 Å². The van der Waals surface area contributed by atoms with Gasteiger partial charge in [0.25, 0.3) is 5.56 Å². The normalized spacial score (nSPS) is 34.6. The van der Waals surface area contributed by atoms with Crippen molar-refractivity contribution in [2.45, 2.75) is 63.3 Å². The van der Waals surface area contributed by atoms with E-state index >= 15 is 4.39 Å². The fraction of sp³-hybridized carbons (Fsp3) is 0.583. The van der Waals surface area contributed by atoms with Crippen LogP contribution in [0.25, 0.3) is 22.3 Å². The summed E-state index contributed by atoms with van der Waals surface area (Å²) in [5, 5.41) is 3.07. The highest BCUT2D eigenvalue weighted by atomic mass is 32.7. The van der Waals surface area contributed by atoms with Gasteiger partial charge in [-0.2, -0.15) is 4.98 Å². The smallest absolute Gasteiger partial charge is 0.280 e. The third-order valence-electron chi connectivity index (χ3n) is 7.84. The molecular weight excluding hydrogens is 717 g/mol. The second-order valence-corrected chi connectivity index (χ2v) is 17.1. The molecule has 7 heterocycles. The molecule has 9 atom stereocenters. The Morgan fingerprint density at radius 2 is 1.85 bits per heavy atom. The van der Waals surface area contributed by atoms with Crippen LogP contribution in [0.15, 0.2) is 23.8 Å². The first-order valence-corrected chi connectivity index (χ1v) is 19.8. The molecule has 0 bridgehead atoms. The van der Waals surface area contributed by atoms with Crippen molar-refractivity contribution in [1.82, 2.24) is 39.0 Å². The third-order valence-corrected chi connectivity index (χ3v) is 10.9. The number of fused-ring (bicyclic) bond motifs is 4. The minimum atomic E-state index is -4.41. The molecule has 0 amide bonds. The summed E-state index contributed by atoms with van der Waals surface area (Å²) in [6.45, 7) is -5.22. The van der Waals surface area contributed by atoms with Gasteiger partial charge in [0.15, 0.2) is 41.8 Å². The number of hydrogen-bond donors (Lipinski definition) is 3. The summed E-state index contributed by atoms with van der Waals surface area (Å²) in [4.78, 5) is 49.5. The molecule has 0 radical (unpaired) electrons. The Labute approximate surface area is 281 Å². The lowest BCUT2D eigenvalue weighted by Gasteiger charge is -2.36. The minimum Gasteiger partial charge on any atom is -0.780 e. The van der Waals surface area contributed by atoms with Crippen molar-refractivity contribution in [2.24, 2.45) is 5.92 Å². The molecule has 0 aliphatic carbocycles. The van der Waals surface area contributed by atoms with E-state index in [1.54, 1.807) is 0 Å². The first kappa shape index (κ1) is 33.9. The second kappa shape index (κ2) is 12.9. The SMILES string of the molecule is CC(C)CNc1nc2c(ncn2[C@H]2C[C@@H]3OP([O-])(=S)OC[C@H]4O[C@@H](n5cnc6c(N)ncnc65)[C@H](F)[C@@H]4OP(=O)([S-])OC[C@H]3O2)c(=O)[nH]1. The number of nitrogens with one attached hydrogen (secondary N) is 2. The van der Waals surface area contributed by atoms with Crippen LogP contribution in [-0.4, -0.2) is 89.4 Å². The number of nitrogens with two attached hydrogens (primary N) is 1. The zero-order valence-corrected chi connectivity index (χ0v) is 28.6. The maximum absolute atomic E-state index is 16.0. The standard InChI is InChI=1S/C24H31FN10O9P2S2/c1-10(2)4-27-24-32-21-17(22(36)33-24)31-8-34(21)14-3-11-12(41-14)5-39-46(38,48)44-18-13(6-40-45(37,47)43-11)42-23(15(18)25)35-9-30-16-19(26)28-7-29-20(16)35/h7-15,18,23H,3-6H2,1-2H3,(H,37,47)(H,38,48)(H2,26,28,29)(H2,27,32,33,36)/p-2/t11-,12+,13+,14+,15+,18+,23+,45?,46?/m0/s1. The monoisotopic (exact) mass is 746 g/mol. The van der Waals surface area contributed by atoms with Gasteiger partial charge < -0.3 is 55.8 Å². The Morgan fingerprint density at radius 3 is 2.65 bits per heavy atom. The van der Waals surface area contributed by atoms with Gasteiger partial charge in [-0.25, -0.2) is 24.3 Å². The molecule has 4 aromatic rings. The van der Waals surface area contributed by atoms with Gasteiger partial charge in [-0.1, -0.05) is 25.7 Å². The van der Waals surface area contributed by atoms with Gasteiger partial charge in [-0.05, 0) is 5.92 Å². The van der Waals surface area contributed by atoms with E-state index < -0.39 is 75.3 Å². The number of rotatable bonds is 5. The highest BCUT2D eigenvalue weighted by molar-refractivity contribution is 8.32. The zero-order valence-electron chi connectivity index (χ0n) is 25.2. The van der Waals surface area contributed by atoms with Crippen molar-refractivity contribution in [2.75, 3.05) is 30.8 Å². The Kier molecular flexibility index (Phi) is 9.12. The van der Waals surface area contributed by atoms with Crippen LogP contribution in [0, 0.1) is 5.92 Å². The molecule has 3 saturated heterocycles. The summed E-state index contributed by atoms with van der Waals surface area (Å²) in [5.74, 6) is 0.578. The number of anilines is 2. The number of halogens is 1. The number of aromatic amines is 1. The summed E-state index contributed by atoms with van der Waals surface area (Å²) >= 11 is 10.3. The van der Waals surface area contributed by atoms with Gasteiger partial charge in [-0.15, -0.1) is 0 Å². The largest absolute Gasteiger partial charge is 0.780 e. The molecule has 7 rings (SSSR count). The first-order chi connectivity index (χ1) is 22.8. The summed E-state index contributed by atoms with van der Waals surface area (Å²) in [6, 6.07) is 0. The molecule has 3 aliphatic rings. The number of nitrogen functional groups attached to an aromatic ring is 1. The average Bonchev–Trinajstić information content (AvgIpc) is 3.79. The van der Waals surface area contributed by atoms with Crippen LogP contribution in [0.4, 0.5) is 16.2 Å². The van der Waals surface area contributed by atoms with Crippen molar-refractivity contribution in [1.29, 1.82) is 0 Å². The summed E-state index contributed by atoms with van der Waals surface area (Å²) in [6.07, 6.45) is -5.50. The van der Waals surface area contributed by atoms with Crippen LogP contribution in [0.1, 0.15) is 32.7 Å². The van der Waals surface area contributed by atoms with E-state index in [1.807, 2.05) is 13.8 Å². The summed E-state index contributed by atoms with van der Waals surface area (Å²) < 4.78 is 66.5. The number of imidazole rings is 2. The molecule has 3 aliphatic heterocycles. The predicted molar refractivity (Wildman–Crippen MR) is 169 cm³/mol. The molecule has 260 valence electrons. The van der Waals surface area contributed by atoms with E-state index in [1.165, 1.54) is 28.1 Å². The lowest BCUT2D eigenvalue weighted by molar-refractivity contribution is -0.215. The molecular formula is C24H29FN10O9P2S2-2. The molecule has 19 nitrogen and oxygen atoms in total. The van der Waals surface area contributed by atoms with E-state index in [2.05, 4.69) is 35.2 Å². The maximum atomic E-state index is 16.0. The molecule has 0 aromatic carbocycles. The van der Waals surface area contributed by atoms with Gasteiger partial charge in [-0.3, -0.25) is 23.5 Å². The molecule has 0 saturated carbocycles. The maximum Gasteiger partial charge on any atom is 0.280 e. The second-order valence-electron chi connectivity index (χ2n) is 11.7. The molecule has 2 unspecified atom stereocenters. The van der Waals surface area contributed by atoms with Crippen LogP contribution < -0.4 is 21.5 Å². The lowest BCUT2D eigenvalue weighted by Crippen LogP contribution is -2.36. The lowest BCUT2D eigenvalue weighted by atomic mass is 10.1. The van der Waals surface area contributed by atoms with Crippen molar-refractivity contribution < 1.29 is 41.4 Å². The molecule has 4 aromatic heterocycles. The minimum absolute atomic E-state index is 0.0190. The van der Waals surface area contributed by atoms with Gasteiger partial charge in [0.05, 0.1) is 32.0 Å². The van der Waals surface area contributed by atoms with E-state index in [9.17, 15) is 14.3 Å². The topological polar surface area (TPSA) is 241 Å². The highest BCUT2D eigenvalue weighted by Gasteiger charge is 2.50. The highest BCUT2D eigenvalue weighted by Crippen LogP contribution is 2.54. The van der Waals surface area contributed by atoms with Crippen LogP contribution in [0.5, 0.6) is 0 Å². The number of aromatic nitrogens is 8. The van der Waals surface area contributed by atoms with Gasteiger partial charge in [0.2, 0.25) is 5.95 Å². The van der Waals surface area contributed by atoms with Crippen molar-refractivity contribution >= 4 is 71.7 Å². The van der Waals surface area contributed by atoms with E-state index in [0.29, 0.717) is 6.54 Å². The summed E-state index contributed by atoms with van der Waals surface area (Å²) in [7, 11) is 0. The Morgan fingerprint density at radius 1 is 1.10 bits per heavy atom. The van der Waals surface area contributed by atoms with Crippen molar-refractivity contribution in [3.63, 3.8) is 0 Å². The van der Waals surface area contributed by atoms with Crippen LogP contribution in [0.3, 0.4) is 0 Å². The Balaban J connectivity index is 1.13. The molecule has 48 heavy (non-hydrogen) atoms. The molecule has 3 fully saturated rings. The molecule has 24 heteroatoms. The van der Waals surface area contributed by atoms with Gasteiger partial charge in [0.1, 0.15) is 43.1 Å². The van der Waals surface area contributed by atoms with E-state index in [-0.39, 0.29) is 46.4 Å². The number of ether oxygens (including phenoxy) is 2. The Hall–Kier alpha value is -2.62. The van der Waals surface area contributed by atoms with Gasteiger partial charge in [0, 0.05) is 13.0 Å². The van der Waals surface area contributed by atoms with Gasteiger partial charge >= 0.3 is 0 Å². The van der Waals surface area contributed by atoms with E-state index in [0.717, 1.165) is 0 Å². The fourth-order valence-corrected chi connectivity index (χ4v) is 8.47. The van der Waals surface area contributed by atoms with Crippen LogP contribution in [-0.2, 0) is 56.2 Å². The van der Waals surface area contributed by atoms with Crippen LogP contribution >= 0.6 is 13.5 Å². The quantitative estimate of drug-likeness (QED) is 0.192. The van der Waals surface area contributed by atoms with Crippen molar-refractivity contribution in [3.05, 3.63) is 29.3 Å². The number of nitrogens with zero attached hydrogens (tertiary/aromatic N) is 7. The first-order valence-electron chi connectivity index (χ1n) is 14.7. The summed E-state index contributed by atoms with van der Waals surface area (Å²) in [5.41, 5.74) is 6.02. The Bertz CT molecular complexity index is 2000. The number of alkyl halides is 1. The number of hydrogen-bond acceptors (Lipinski definition) is 18. The third kappa shape index (κ3) is 6.63. The average molecular weight is 747 g/mol. The van der Waals surface area contributed by atoms with Crippen molar-refractivity contribution in [3.8, 4) is 0 Å². The molecule has 0 spiro atoms. The zero-order chi connectivity index (χ0) is 34.0. The number of H-pyrrole nitrogens is 1. The predicted octanol–water partition coefficient (Wildman–Crippen LogP) is 1.19. The fourth-order valence-electron chi connectivity index (χ4n) is 5.59.